The molecule has 0 bridgehead atoms. The Balaban J connectivity index is 1.48. The molecular formula is C24H25F3N2O2S. The minimum Gasteiger partial charge on any atom is -0.368 e. The summed E-state index contributed by atoms with van der Waals surface area (Å²) in [7, 11) is 0. The minimum absolute atomic E-state index is 0.0181. The standard InChI is InChI=1S/C24H25F3N2O2S/c1-32-28-22-19(29(13-24(22)8-9-24)23(30)20-7-10-31-20)11-14-3-2-4-17(21(14)27)16-6-5-15(25)12-18(16)26/h2-6,12,19-20,22,28H,7-11,13H2,1H3. The van der Waals surface area contributed by atoms with Gasteiger partial charge in [0.1, 0.15) is 23.6 Å². The Hall–Kier alpha value is -2.03. The highest BCUT2D eigenvalue weighted by Gasteiger charge is 2.61. The van der Waals surface area contributed by atoms with Gasteiger partial charge < -0.3 is 9.64 Å². The van der Waals surface area contributed by atoms with E-state index in [-0.39, 0.29) is 34.5 Å². The molecule has 3 unspecified atom stereocenters. The van der Waals surface area contributed by atoms with E-state index in [1.807, 2.05) is 11.2 Å². The highest BCUT2D eigenvalue weighted by Crippen LogP contribution is 2.56. The average molecular weight is 463 g/mol. The number of carbonyl (C=O) groups is 1. The molecule has 1 amide bonds. The van der Waals surface area contributed by atoms with Gasteiger partial charge in [-0.25, -0.2) is 13.2 Å². The molecule has 2 aromatic rings. The summed E-state index contributed by atoms with van der Waals surface area (Å²) in [5.41, 5.74) is 0.540. The first-order valence-electron chi connectivity index (χ1n) is 10.9. The van der Waals surface area contributed by atoms with Gasteiger partial charge in [0.15, 0.2) is 0 Å². The van der Waals surface area contributed by atoms with Crippen LogP contribution in [0.4, 0.5) is 13.2 Å². The molecule has 2 aliphatic heterocycles. The Kier molecular flexibility index (Phi) is 5.72. The number of halogens is 3. The summed E-state index contributed by atoms with van der Waals surface area (Å²) in [4.78, 5) is 15.0. The van der Waals surface area contributed by atoms with Crippen LogP contribution >= 0.6 is 11.9 Å². The third kappa shape index (κ3) is 3.72. The number of nitrogens with one attached hydrogen (secondary N) is 1. The lowest BCUT2D eigenvalue weighted by Gasteiger charge is -2.34. The van der Waals surface area contributed by atoms with Crippen LogP contribution in [0.1, 0.15) is 24.8 Å². The van der Waals surface area contributed by atoms with Crippen molar-refractivity contribution in [1.29, 1.82) is 0 Å². The molecule has 1 saturated carbocycles. The second-order valence-corrected chi connectivity index (χ2v) is 9.59. The molecule has 8 heteroatoms. The molecule has 0 radical (unpaired) electrons. The zero-order chi connectivity index (χ0) is 22.5. The van der Waals surface area contributed by atoms with Crippen molar-refractivity contribution >= 4 is 17.9 Å². The molecule has 2 saturated heterocycles. The topological polar surface area (TPSA) is 41.6 Å². The lowest BCUT2D eigenvalue weighted by Crippen LogP contribution is -2.51. The quantitative estimate of drug-likeness (QED) is 0.649. The van der Waals surface area contributed by atoms with Crippen molar-refractivity contribution in [2.45, 2.75) is 43.9 Å². The first-order valence-corrected chi connectivity index (χ1v) is 12.1. The Morgan fingerprint density at radius 2 is 2.00 bits per heavy atom. The normalized spacial score (nSPS) is 25.8. The van der Waals surface area contributed by atoms with E-state index in [1.54, 1.807) is 12.1 Å². The third-order valence-corrected chi connectivity index (χ3v) is 7.54. The molecule has 0 aromatic heterocycles. The zero-order valence-electron chi connectivity index (χ0n) is 17.7. The molecule has 2 aromatic carbocycles. The summed E-state index contributed by atoms with van der Waals surface area (Å²) >= 11 is 1.51. The van der Waals surface area contributed by atoms with Gasteiger partial charge in [-0.15, -0.1) is 0 Å². The molecule has 2 heterocycles. The molecule has 1 N–H and O–H groups in total. The van der Waals surface area contributed by atoms with Crippen molar-refractivity contribution in [3.63, 3.8) is 0 Å². The lowest BCUT2D eigenvalue weighted by atomic mass is 9.91. The third-order valence-electron chi connectivity index (χ3n) is 7.05. The van der Waals surface area contributed by atoms with E-state index in [0.29, 0.717) is 31.6 Å². The van der Waals surface area contributed by atoms with Crippen LogP contribution in [0.5, 0.6) is 0 Å². The smallest absolute Gasteiger partial charge is 0.252 e. The first kappa shape index (κ1) is 21.8. The lowest BCUT2D eigenvalue weighted by molar-refractivity contribution is -0.157. The van der Waals surface area contributed by atoms with Crippen molar-refractivity contribution in [1.82, 2.24) is 9.62 Å². The van der Waals surface area contributed by atoms with Gasteiger partial charge in [-0.1, -0.05) is 30.1 Å². The van der Waals surface area contributed by atoms with E-state index >= 15 is 4.39 Å². The van der Waals surface area contributed by atoms with Gasteiger partial charge in [0, 0.05) is 41.6 Å². The van der Waals surface area contributed by atoms with Crippen LogP contribution in [0, 0.1) is 22.9 Å². The maximum Gasteiger partial charge on any atom is 0.252 e. The van der Waals surface area contributed by atoms with Crippen LogP contribution in [0.3, 0.4) is 0 Å². The highest BCUT2D eigenvalue weighted by molar-refractivity contribution is 7.96. The maximum atomic E-state index is 15.6. The van der Waals surface area contributed by atoms with Crippen LogP contribution in [0.15, 0.2) is 36.4 Å². The Bertz CT molecular complexity index is 1040. The Morgan fingerprint density at radius 3 is 2.62 bits per heavy atom. The highest BCUT2D eigenvalue weighted by atomic mass is 32.2. The van der Waals surface area contributed by atoms with Crippen molar-refractivity contribution in [3.8, 4) is 11.1 Å². The van der Waals surface area contributed by atoms with Gasteiger partial charge in [-0.2, -0.15) is 0 Å². The average Bonchev–Trinajstić information content (AvgIpc) is 3.43. The van der Waals surface area contributed by atoms with E-state index < -0.39 is 23.6 Å². The van der Waals surface area contributed by atoms with Gasteiger partial charge in [0.05, 0.1) is 12.6 Å². The second kappa shape index (κ2) is 8.39. The van der Waals surface area contributed by atoms with E-state index in [4.69, 9.17) is 4.74 Å². The summed E-state index contributed by atoms with van der Waals surface area (Å²) in [6.07, 6.45) is 4.61. The van der Waals surface area contributed by atoms with Crippen LogP contribution in [-0.2, 0) is 16.0 Å². The Morgan fingerprint density at radius 1 is 1.22 bits per heavy atom. The number of benzene rings is 2. The second-order valence-electron chi connectivity index (χ2n) is 8.95. The largest absolute Gasteiger partial charge is 0.368 e. The van der Waals surface area contributed by atoms with E-state index in [9.17, 15) is 13.6 Å². The molecular weight excluding hydrogens is 437 g/mol. The monoisotopic (exact) mass is 462 g/mol. The van der Waals surface area contributed by atoms with Gasteiger partial charge in [-0.3, -0.25) is 9.52 Å². The molecule has 5 rings (SSSR count). The molecule has 3 fully saturated rings. The van der Waals surface area contributed by atoms with E-state index in [2.05, 4.69) is 4.72 Å². The fourth-order valence-electron chi connectivity index (χ4n) is 5.07. The zero-order valence-corrected chi connectivity index (χ0v) is 18.6. The van der Waals surface area contributed by atoms with Crippen molar-refractivity contribution in [3.05, 3.63) is 59.4 Å². The molecule has 1 aliphatic carbocycles. The Labute approximate surface area is 189 Å². The van der Waals surface area contributed by atoms with Crippen molar-refractivity contribution < 1.29 is 22.7 Å². The number of hydrogen-bond acceptors (Lipinski definition) is 4. The van der Waals surface area contributed by atoms with Gasteiger partial charge >= 0.3 is 0 Å². The van der Waals surface area contributed by atoms with Crippen LogP contribution in [0.2, 0.25) is 0 Å². The number of carbonyl (C=O) groups excluding carboxylic acids is 1. The molecule has 32 heavy (non-hydrogen) atoms. The SMILES string of the molecule is CSNC1C(Cc2cccc(-c3ccc(F)cc3F)c2F)N(C(=O)C2CCO2)CC12CC2. The number of ether oxygens (including phenoxy) is 1. The number of rotatable bonds is 6. The number of likely N-dealkylation sites (tertiary alicyclic amines) is 1. The summed E-state index contributed by atoms with van der Waals surface area (Å²) in [6.45, 7) is 1.23. The fraction of sp³-hybridized carbons (Fsp3) is 0.458. The van der Waals surface area contributed by atoms with Crippen LogP contribution < -0.4 is 4.72 Å². The maximum absolute atomic E-state index is 15.6. The summed E-state index contributed by atoms with van der Waals surface area (Å²) in [5, 5.41) is 0. The van der Waals surface area contributed by atoms with Crippen molar-refractivity contribution in [2.24, 2.45) is 5.41 Å². The van der Waals surface area contributed by atoms with Crippen LogP contribution in [0.25, 0.3) is 11.1 Å². The predicted molar refractivity (Wildman–Crippen MR) is 117 cm³/mol. The summed E-state index contributed by atoms with van der Waals surface area (Å²) in [6, 6.07) is 7.78. The number of amides is 1. The van der Waals surface area contributed by atoms with E-state index in [1.165, 1.54) is 24.1 Å². The van der Waals surface area contributed by atoms with Crippen LogP contribution in [-0.4, -0.2) is 48.4 Å². The fourth-order valence-corrected chi connectivity index (χ4v) is 5.73. The molecule has 3 atom stereocenters. The summed E-state index contributed by atoms with van der Waals surface area (Å²) < 4.78 is 52.2. The first-order chi connectivity index (χ1) is 15.4. The van der Waals surface area contributed by atoms with Crippen molar-refractivity contribution in [2.75, 3.05) is 19.4 Å². The molecule has 1 spiro atoms. The van der Waals surface area contributed by atoms with Gasteiger partial charge in [-0.05, 0) is 43.2 Å². The minimum atomic E-state index is -0.806. The number of nitrogens with zero attached hydrogens (tertiary/aromatic N) is 1. The molecule has 4 nitrogen and oxygen atoms in total. The summed E-state index contributed by atoms with van der Waals surface area (Å²) in [5.74, 6) is -2.08. The van der Waals surface area contributed by atoms with Gasteiger partial charge in [0.2, 0.25) is 0 Å². The van der Waals surface area contributed by atoms with Gasteiger partial charge in [0.25, 0.3) is 5.91 Å². The van der Waals surface area contributed by atoms with E-state index in [0.717, 1.165) is 25.0 Å². The predicted octanol–water partition coefficient (Wildman–Crippen LogP) is 4.33. The molecule has 170 valence electrons. The number of hydrogen-bond donors (Lipinski definition) is 1. The molecule has 3 aliphatic rings.